The molecule has 282 valence electrons. The highest BCUT2D eigenvalue weighted by atomic mass is 16.3. The van der Waals surface area contributed by atoms with Gasteiger partial charge >= 0.3 is 0 Å². The molecular weight excluding hydrogens is 657 g/mol. The predicted molar refractivity (Wildman–Crippen MR) is 214 cm³/mol. The van der Waals surface area contributed by atoms with Gasteiger partial charge in [0.25, 0.3) is 0 Å². The van der Waals surface area contributed by atoms with Crippen molar-refractivity contribution < 1.29 is 19.8 Å². The number of amides is 2. The van der Waals surface area contributed by atoms with Gasteiger partial charge in [0.05, 0.1) is 23.3 Å². The van der Waals surface area contributed by atoms with Gasteiger partial charge in [0.15, 0.2) is 0 Å². The van der Waals surface area contributed by atoms with Crippen LogP contribution < -0.4 is 5.73 Å². The maximum absolute atomic E-state index is 15.9. The summed E-state index contributed by atoms with van der Waals surface area (Å²) in [5.41, 5.74) is 5.68. The minimum atomic E-state index is -1.48. The second-order valence-corrected chi connectivity index (χ2v) is 16.5. The van der Waals surface area contributed by atoms with Crippen molar-refractivity contribution in [2.45, 2.75) is 115 Å². The van der Waals surface area contributed by atoms with Crippen LogP contribution in [0.15, 0.2) is 121 Å². The summed E-state index contributed by atoms with van der Waals surface area (Å²) in [6.07, 6.45) is 4.14. The van der Waals surface area contributed by atoms with E-state index in [0.29, 0.717) is 38.5 Å². The average Bonchev–Trinajstić information content (AvgIpc) is 3.64. The first-order chi connectivity index (χ1) is 25.3. The summed E-state index contributed by atoms with van der Waals surface area (Å²) >= 11 is 0. The Hall–Kier alpha value is -4.26. The fourth-order valence-corrected chi connectivity index (χ4v) is 8.76. The second-order valence-electron chi connectivity index (χ2n) is 16.5. The smallest absolute Gasteiger partial charge is 0.238 e. The molecule has 6 nitrogen and oxygen atoms in total. The third kappa shape index (κ3) is 9.84. The summed E-state index contributed by atoms with van der Waals surface area (Å²) in [4.78, 5) is 31.4. The van der Waals surface area contributed by atoms with E-state index in [0.717, 1.165) is 22.3 Å². The highest BCUT2D eigenvalue weighted by Gasteiger charge is 2.57. The van der Waals surface area contributed by atoms with Crippen LogP contribution in [-0.2, 0) is 35.3 Å². The summed E-state index contributed by atoms with van der Waals surface area (Å²) < 4.78 is 0. The van der Waals surface area contributed by atoms with E-state index in [-0.39, 0.29) is 43.4 Å². The topological polar surface area (TPSA) is 104 Å². The van der Waals surface area contributed by atoms with Gasteiger partial charge in [-0.2, -0.15) is 0 Å². The molecule has 1 saturated carbocycles. The molecule has 2 atom stereocenters. The first kappa shape index (κ1) is 39.9. The normalized spacial score (nSPS) is 15.7. The van der Waals surface area contributed by atoms with Crippen molar-refractivity contribution >= 4 is 11.8 Å². The highest BCUT2D eigenvalue weighted by molar-refractivity contribution is 6.05. The van der Waals surface area contributed by atoms with Crippen LogP contribution in [0.5, 0.6) is 0 Å². The van der Waals surface area contributed by atoms with E-state index in [1.165, 1.54) is 0 Å². The lowest BCUT2D eigenvalue weighted by Crippen LogP contribution is -2.69. The molecule has 4 N–H and O–H groups in total. The van der Waals surface area contributed by atoms with Crippen LogP contribution >= 0.6 is 0 Å². The number of hydrogen-bond donors (Lipinski definition) is 3. The number of aliphatic hydroxyl groups is 2. The minimum absolute atomic E-state index is 0.0671. The van der Waals surface area contributed by atoms with Crippen molar-refractivity contribution in [2.75, 3.05) is 0 Å². The Labute approximate surface area is 317 Å². The summed E-state index contributed by atoms with van der Waals surface area (Å²) in [5, 5.41) is 27.1. The minimum Gasteiger partial charge on any atom is -0.387 e. The number of hydrogen-bond acceptors (Lipinski definition) is 4. The van der Waals surface area contributed by atoms with Crippen molar-refractivity contribution in [3.63, 3.8) is 0 Å². The van der Waals surface area contributed by atoms with Gasteiger partial charge in [-0.1, -0.05) is 162 Å². The van der Waals surface area contributed by atoms with Crippen LogP contribution in [-0.4, -0.2) is 50.2 Å². The van der Waals surface area contributed by atoms with Gasteiger partial charge in [0.1, 0.15) is 5.41 Å². The van der Waals surface area contributed by atoms with E-state index in [2.05, 4.69) is 27.7 Å². The summed E-state index contributed by atoms with van der Waals surface area (Å²) in [5.74, 6) is -0.853. The highest BCUT2D eigenvalue weighted by Crippen LogP contribution is 2.45. The molecule has 5 rings (SSSR count). The number of carbonyl (C=O) groups is 2. The molecule has 1 fully saturated rings. The molecule has 0 heterocycles. The van der Waals surface area contributed by atoms with Crippen LogP contribution in [0.4, 0.5) is 0 Å². The van der Waals surface area contributed by atoms with Gasteiger partial charge in [0, 0.05) is 25.7 Å². The standard InChI is InChI=1S/C47H60N2O4/c1-35(2)29-41(46(52,31-37-19-9-5-10-20-37)32-38-21-11-6-12-22-38)49(44(51)45(43(48)50)27-17-18-28-45)42(30-36(3)4)47(53,33-39-23-13-7-14-24-39)34-40-25-15-8-16-26-40/h5-16,19-26,35-36,41-42,52-53H,17-18,27-34H2,1-4H3,(H2,48,50)/t41-,42-/m1/s1. The fourth-order valence-electron chi connectivity index (χ4n) is 8.76. The van der Waals surface area contributed by atoms with Crippen LogP contribution in [0, 0.1) is 17.3 Å². The molecule has 2 amide bonds. The molecule has 0 saturated heterocycles. The largest absolute Gasteiger partial charge is 0.387 e. The van der Waals surface area contributed by atoms with Crippen molar-refractivity contribution in [3.05, 3.63) is 144 Å². The molecular formula is C47H60N2O4. The molecule has 0 spiro atoms. The van der Waals surface area contributed by atoms with E-state index in [1.807, 2.05) is 126 Å². The Kier molecular flexibility index (Phi) is 13.3. The molecule has 0 radical (unpaired) electrons. The summed E-state index contributed by atoms with van der Waals surface area (Å²) in [6, 6.07) is 38.2. The van der Waals surface area contributed by atoms with Crippen LogP contribution in [0.3, 0.4) is 0 Å². The zero-order valence-electron chi connectivity index (χ0n) is 32.2. The fraction of sp³-hybridized carbons (Fsp3) is 0.447. The number of carbonyl (C=O) groups excluding carboxylic acids is 2. The predicted octanol–water partition coefficient (Wildman–Crippen LogP) is 8.12. The number of rotatable bonds is 18. The molecule has 4 aromatic rings. The van der Waals surface area contributed by atoms with Gasteiger partial charge in [-0.05, 0) is 59.8 Å². The third-order valence-electron chi connectivity index (χ3n) is 11.3. The SMILES string of the molecule is CC(C)C[C@@H](N(C(=O)C1(C(N)=O)CCCC1)[C@H](CC(C)C)C(O)(Cc1ccccc1)Cc1ccccc1)C(O)(Cc1ccccc1)Cc1ccccc1. The van der Waals surface area contributed by atoms with E-state index in [1.54, 1.807) is 0 Å². The zero-order valence-corrected chi connectivity index (χ0v) is 32.2. The monoisotopic (exact) mass is 716 g/mol. The quantitative estimate of drug-likeness (QED) is 0.0906. The van der Waals surface area contributed by atoms with E-state index >= 15 is 4.79 Å². The third-order valence-corrected chi connectivity index (χ3v) is 11.3. The molecule has 0 bridgehead atoms. The zero-order chi connectivity index (χ0) is 38.1. The van der Waals surface area contributed by atoms with Crippen LogP contribution in [0.2, 0.25) is 0 Å². The Morgan fingerprint density at radius 3 is 1.11 bits per heavy atom. The Bertz CT molecular complexity index is 1530. The average molecular weight is 717 g/mol. The van der Waals surface area contributed by atoms with Crippen molar-refractivity contribution in [2.24, 2.45) is 23.0 Å². The number of primary amides is 1. The van der Waals surface area contributed by atoms with E-state index in [9.17, 15) is 15.0 Å². The number of nitrogens with zero attached hydrogens (tertiary/aromatic N) is 1. The molecule has 4 aromatic carbocycles. The molecule has 6 heteroatoms. The maximum Gasteiger partial charge on any atom is 0.238 e. The molecule has 53 heavy (non-hydrogen) atoms. The lowest BCUT2D eigenvalue weighted by Gasteiger charge is -2.53. The van der Waals surface area contributed by atoms with Gasteiger partial charge in [-0.3, -0.25) is 9.59 Å². The molecule has 0 unspecified atom stereocenters. The first-order valence-electron chi connectivity index (χ1n) is 19.6. The first-order valence-corrected chi connectivity index (χ1v) is 19.6. The van der Waals surface area contributed by atoms with E-state index in [4.69, 9.17) is 5.73 Å². The summed E-state index contributed by atoms with van der Waals surface area (Å²) in [6.45, 7) is 8.44. The van der Waals surface area contributed by atoms with Crippen molar-refractivity contribution in [3.8, 4) is 0 Å². The number of nitrogens with two attached hydrogens (primary N) is 1. The maximum atomic E-state index is 15.9. The van der Waals surface area contributed by atoms with Gasteiger partial charge in [-0.15, -0.1) is 0 Å². The van der Waals surface area contributed by atoms with Crippen LogP contribution in [0.25, 0.3) is 0 Å². The molecule has 1 aliphatic rings. The van der Waals surface area contributed by atoms with Gasteiger partial charge < -0.3 is 20.8 Å². The van der Waals surface area contributed by atoms with Crippen molar-refractivity contribution in [1.29, 1.82) is 0 Å². The van der Waals surface area contributed by atoms with E-state index < -0.39 is 34.6 Å². The molecule has 0 aliphatic heterocycles. The number of benzene rings is 4. The van der Waals surface area contributed by atoms with Crippen molar-refractivity contribution in [1.82, 2.24) is 4.90 Å². The molecule has 0 aromatic heterocycles. The Balaban J connectivity index is 1.80. The lowest BCUT2D eigenvalue weighted by atomic mass is 9.71. The molecule has 1 aliphatic carbocycles. The Morgan fingerprint density at radius 1 is 0.585 bits per heavy atom. The van der Waals surface area contributed by atoms with Crippen LogP contribution in [0.1, 0.15) is 88.5 Å². The van der Waals surface area contributed by atoms with Gasteiger partial charge in [-0.25, -0.2) is 0 Å². The second kappa shape index (κ2) is 17.7. The lowest BCUT2D eigenvalue weighted by molar-refractivity contribution is -0.173. The van der Waals surface area contributed by atoms with Gasteiger partial charge in [0.2, 0.25) is 11.8 Å². The Morgan fingerprint density at radius 2 is 0.868 bits per heavy atom. The summed E-state index contributed by atoms with van der Waals surface area (Å²) in [7, 11) is 0.